The second-order valence-corrected chi connectivity index (χ2v) is 7.71. The Morgan fingerprint density at radius 3 is 1.26 bits per heavy atom. The lowest BCUT2D eigenvalue weighted by atomic mass is 10.3. The lowest BCUT2D eigenvalue weighted by Gasteiger charge is -2.07. The highest BCUT2D eigenvalue weighted by Crippen LogP contribution is 2.21. The number of hydrogen-bond acceptors (Lipinski definition) is 10. The molecule has 0 heterocycles. The van der Waals surface area contributed by atoms with Gasteiger partial charge in [-0.15, -0.1) is 0 Å². The highest BCUT2D eigenvalue weighted by Gasteiger charge is 2.04. The van der Waals surface area contributed by atoms with Crippen molar-refractivity contribution in [2.24, 2.45) is 10.2 Å². The molecule has 0 aliphatic heterocycles. The number of benzene rings is 2. The van der Waals surface area contributed by atoms with Gasteiger partial charge in [0.25, 0.3) is 0 Å². The molecule has 2 rings (SSSR count). The van der Waals surface area contributed by atoms with Gasteiger partial charge >= 0.3 is 0 Å². The molecule has 0 atom stereocenters. The average Bonchev–Trinajstić information content (AvgIpc) is 2.92. The Morgan fingerprint density at radius 2 is 0.895 bits per heavy atom. The smallest absolute Gasteiger partial charge is 0.250 e. The maximum Gasteiger partial charge on any atom is 0.250 e. The van der Waals surface area contributed by atoms with Gasteiger partial charge in [-0.2, -0.15) is 10.2 Å². The molecule has 0 aromatic heterocycles. The van der Waals surface area contributed by atoms with E-state index >= 15 is 0 Å². The molecule has 12 heteroatoms. The first-order valence-electron chi connectivity index (χ1n) is 12.1. The Bertz CT molecular complexity index is 877. The fraction of sp³-hybridized carbons (Fsp3) is 0.462. The predicted molar refractivity (Wildman–Crippen MR) is 141 cm³/mol. The van der Waals surface area contributed by atoms with E-state index in [2.05, 4.69) is 20.9 Å². The fourth-order valence-electron chi connectivity index (χ4n) is 2.79. The van der Waals surface area contributed by atoms with Crippen LogP contribution in [0.5, 0.6) is 0 Å². The van der Waals surface area contributed by atoms with Crippen LogP contribution in [-0.2, 0) is 38.0 Å². The molecular weight excluding hydrogens is 496 g/mol. The Kier molecular flexibility index (Phi) is 16.1. The van der Waals surface area contributed by atoms with Crippen LogP contribution in [-0.4, -0.2) is 92.1 Å². The van der Waals surface area contributed by atoms with Gasteiger partial charge in [0.15, 0.2) is 0 Å². The van der Waals surface area contributed by atoms with Gasteiger partial charge in [-0.3, -0.25) is 9.59 Å². The molecule has 2 amide bonds. The highest BCUT2D eigenvalue weighted by molar-refractivity contribution is 5.92. The summed E-state index contributed by atoms with van der Waals surface area (Å²) in [5.41, 5.74) is 2.48. The van der Waals surface area contributed by atoms with Gasteiger partial charge in [-0.25, -0.2) is 0 Å². The van der Waals surface area contributed by atoms with Crippen LogP contribution in [0.15, 0.2) is 58.8 Å². The summed E-state index contributed by atoms with van der Waals surface area (Å²) in [6.07, 6.45) is 0. The summed E-state index contributed by atoms with van der Waals surface area (Å²) in [4.78, 5) is 23.9. The first-order chi connectivity index (χ1) is 18.6. The minimum atomic E-state index is -0.262. The van der Waals surface area contributed by atoms with Crippen molar-refractivity contribution in [1.82, 2.24) is 0 Å². The van der Waals surface area contributed by atoms with Crippen molar-refractivity contribution in [1.29, 1.82) is 0 Å². The van der Waals surface area contributed by atoms with Crippen LogP contribution < -0.4 is 10.6 Å². The van der Waals surface area contributed by atoms with Gasteiger partial charge < -0.3 is 39.1 Å². The number of azo groups is 1. The van der Waals surface area contributed by atoms with Crippen LogP contribution in [0.25, 0.3) is 0 Å². The number of anilines is 2. The molecule has 0 unspecified atom stereocenters. The summed E-state index contributed by atoms with van der Waals surface area (Å²) in [5, 5.41) is 13.9. The second kappa shape index (κ2) is 19.8. The maximum absolute atomic E-state index is 12.0. The SMILES string of the molecule is COCCOCCOCC(=O)Nc1ccc(N=Nc2ccc(NC(=O)COCCOCCOC)cc2)cc1. The zero-order chi connectivity index (χ0) is 27.3. The van der Waals surface area contributed by atoms with Crippen LogP contribution in [0.4, 0.5) is 22.7 Å². The Balaban J connectivity index is 1.65. The number of methoxy groups -OCH3 is 2. The van der Waals surface area contributed by atoms with E-state index in [0.29, 0.717) is 75.6 Å². The molecule has 2 N–H and O–H groups in total. The Morgan fingerprint density at radius 1 is 0.553 bits per heavy atom. The second-order valence-electron chi connectivity index (χ2n) is 7.71. The standard InChI is InChI=1S/C26H36N4O8/c1-33-11-13-35-15-17-37-19-25(31)27-21-3-7-23(8-4-21)29-30-24-9-5-22(6-10-24)28-26(32)20-38-18-16-36-14-12-34-2/h3-10H,11-20H2,1-2H3,(H,27,31)(H,28,32). The lowest BCUT2D eigenvalue weighted by molar-refractivity contribution is -0.121. The molecule has 208 valence electrons. The van der Waals surface area contributed by atoms with Crippen molar-refractivity contribution in [3.8, 4) is 0 Å². The molecule has 38 heavy (non-hydrogen) atoms. The maximum atomic E-state index is 12.0. The van der Waals surface area contributed by atoms with Crippen LogP contribution >= 0.6 is 0 Å². The number of carbonyl (C=O) groups excluding carboxylic acids is 2. The molecule has 2 aromatic carbocycles. The van der Waals surface area contributed by atoms with E-state index in [1.165, 1.54) is 0 Å². The quantitative estimate of drug-likeness (QED) is 0.196. The molecule has 0 spiro atoms. The molecule has 0 fully saturated rings. The Hall–Kier alpha value is -3.26. The molecule has 0 aliphatic carbocycles. The van der Waals surface area contributed by atoms with Crippen LogP contribution in [0.3, 0.4) is 0 Å². The van der Waals surface area contributed by atoms with Gasteiger partial charge in [0.1, 0.15) is 13.2 Å². The van der Waals surface area contributed by atoms with Gasteiger partial charge in [0.2, 0.25) is 11.8 Å². The monoisotopic (exact) mass is 532 g/mol. The zero-order valence-electron chi connectivity index (χ0n) is 21.9. The molecular formula is C26H36N4O8. The molecule has 0 radical (unpaired) electrons. The summed E-state index contributed by atoms with van der Waals surface area (Å²) in [6, 6.07) is 13.9. The van der Waals surface area contributed by atoms with Crippen molar-refractivity contribution in [2.75, 3.05) is 90.9 Å². The number of rotatable bonds is 20. The molecule has 0 aliphatic rings. The van der Waals surface area contributed by atoms with Gasteiger partial charge in [-0.1, -0.05) is 0 Å². The van der Waals surface area contributed by atoms with Crippen molar-refractivity contribution in [3.63, 3.8) is 0 Å². The van der Waals surface area contributed by atoms with Crippen LogP contribution in [0.1, 0.15) is 0 Å². The fourth-order valence-corrected chi connectivity index (χ4v) is 2.79. The molecule has 2 aromatic rings. The van der Waals surface area contributed by atoms with Crippen molar-refractivity contribution >= 4 is 34.6 Å². The number of hydrogen-bond donors (Lipinski definition) is 2. The minimum absolute atomic E-state index is 0.0666. The summed E-state index contributed by atoms with van der Waals surface area (Å²) < 4.78 is 30.8. The van der Waals surface area contributed by atoms with Crippen molar-refractivity contribution in [3.05, 3.63) is 48.5 Å². The van der Waals surface area contributed by atoms with E-state index in [1.807, 2.05) is 0 Å². The first-order valence-corrected chi connectivity index (χ1v) is 12.1. The van der Waals surface area contributed by atoms with E-state index in [0.717, 1.165) is 0 Å². The van der Waals surface area contributed by atoms with E-state index in [4.69, 9.17) is 28.4 Å². The topological polar surface area (TPSA) is 138 Å². The minimum Gasteiger partial charge on any atom is -0.382 e. The lowest BCUT2D eigenvalue weighted by Crippen LogP contribution is -2.20. The number of ether oxygens (including phenoxy) is 6. The van der Waals surface area contributed by atoms with Crippen molar-refractivity contribution < 1.29 is 38.0 Å². The van der Waals surface area contributed by atoms with E-state index in [-0.39, 0.29) is 25.0 Å². The number of amides is 2. The Labute approximate surface area is 222 Å². The van der Waals surface area contributed by atoms with E-state index in [9.17, 15) is 9.59 Å². The third-order valence-corrected chi connectivity index (χ3v) is 4.66. The number of nitrogens with zero attached hydrogens (tertiary/aromatic N) is 2. The average molecular weight is 533 g/mol. The summed E-state index contributed by atoms with van der Waals surface area (Å²) in [7, 11) is 3.21. The van der Waals surface area contributed by atoms with Gasteiger partial charge in [-0.05, 0) is 48.5 Å². The van der Waals surface area contributed by atoms with Gasteiger partial charge in [0, 0.05) is 25.6 Å². The normalized spacial score (nSPS) is 11.1. The van der Waals surface area contributed by atoms with Gasteiger partial charge in [0.05, 0.1) is 64.2 Å². The zero-order valence-corrected chi connectivity index (χ0v) is 21.9. The first kappa shape index (κ1) is 31.0. The molecule has 0 bridgehead atoms. The van der Waals surface area contributed by atoms with Crippen LogP contribution in [0, 0.1) is 0 Å². The number of nitrogens with one attached hydrogen (secondary N) is 2. The largest absolute Gasteiger partial charge is 0.382 e. The summed E-state index contributed by atoms with van der Waals surface area (Å²) in [6.45, 7) is 3.33. The third-order valence-electron chi connectivity index (χ3n) is 4.66. The molecule has 12 nitrogen and oxygen atoms in total. The summed E-state index contributed by atoms with van der Waals surface area (Å²) in [5.74, 6) is -0.524. The summed E-state index contributed by atoms with van der Waals surface area (Å²) >= 11 is 0. The van der Waals surface area contributed by atoms with E-state index in [1.54, 1.807) is 62.8 Å². The predicted octanol–water partition coefficient (Wildman–Crippen LogP) is 3.34. The van der Waals surface area contributed by atoms with E-state index < -0.39 is 0 Å². The van der Waals surface area contributed by atoms with Crippen LogP contribution in [0.2, 0.25) is 0 Å². The highest BCUT2D eigenvalue weighted by atomic mass is 16.5. The third kappa shape index (κ3) is 14.5. The number of carbonyl (C=O) groups is 2. The van der Waals surface area contributed by atoms with Crippen molar-refractivity contribution in [2.45, 2.75) is 0 Å². The molecule has 0 saturated heterocycles. The molecule has 0 saturated carbocycles.